The number of anilines is 1. The van der Waals surface area contributed by atoms with E-state index in [4.69, 9.17) is 9.47 Å². The lowest BCUT2D eigenvalue weighted by Gasteiger charge is -2.21. The molecular formula is C26H33FN2O5S. The molecule has 0 spiro atoms. The van der Waals surface area contributed by atoms with Crippen LogP contribution in [-0.2, 0) is 31.5 Å². The molecule has 2 aromatic carbocycles. The number of hydrogen-bond donors (Lipinski definition) is 2. The quantitative estimate of drug-likeness (QED) is 0.347. The van der Waals surface area contributed by atoms with Crippen LogP contribution in [0.2, 0.25) is 0 Å². The van der Waals surface area contributed by atoms with Crippen LogP contribution in [0.4, 0.5) is 10.1 Å². The van der Waals surface area contributed by atoms with Crippen molar-refractivity contribution in [3.63, 3.8) is 0 Å². The Balaban J connectivity index is 2.15. The molecule has 9 heteroatoms. The summed E-state index contributed by atoms with van der Waals surface area (Å²) in [4.78, 5) is 12.4. The first-order valence-corrected chi connectivity index (χ1v) is 12.9. The molecule has 0 atom stereocenters. The van der Waals surface area contributed by atoms with Crippen molar-refractivity contribution in [1.29, 1.82) is 0 Å². The van der Waals surface area contributed by atoms with Gasteiger partial charge in [0.25, 0.3) is 0 Å². The molecule has 0 saturated carbocycles. The first-order chi connectivity index (χ1) is 16.3. The zero-order valence-electron chi connectivity index (χ0n) is 20.8. The second-order valence-corrected chi connectivity index (χ2v) is 10.8. The third kappa shape index (κ3) is 8.84. The van der Waals surface area contributed by atoms with Gasteiger partial charge in [-0.2, -0.15) is 0 Å². The van der Waals surface area contributed by atoms with E-state index in [1.54, 1.807) is 19.3 Å². The number of benzene rings is 2. The average Bonchev–Trinajstić information content (AvgIpc) is 2.76. The van der Waals surface area contributed by atoms with Crippen molar-refractivity contribution in [2.75, 3.05) is 31.3 Å². The number of sulfonamides is 1. The molecule has 0 fully saturated rings. The van der Waals surface area contributed by atoms with E-state index in [-0.39, 0.29) is 29.1 Å². The van der Waals surface area contributed by atoms with E-state index in [2.05, 4.69) is 37.4 Å². The number of rotatable bonds is 11. The van der Waals surface area contributed by atoms with Gasteiger partial charge in [0.2, 0.25) is 15.9 Å². The Kier molecular flexibility index (Phi) is 9.62. The third-order valence-corrected chi connectivity index (χ3v) is 5.57. The van der Waals surface area contributed by atoms with Crippen molar-refractivity contribution in [1.82, 2.24) is 5.32 Å². The number of hydrogen-bond acceptors (Lipinski definition) is 5. The third-order valence-electron chi connectivity index (χ3n) is 4.99. The number of amides is 1. The van der Waals surface area contributed by atoms with E-state index in [0.29, 0.717) is 24.5 Å². The lowest BCUT2D eigenvalue weighted by molar-refractivity contribution is -0.116. The fourth-order valence-corrected chi connectivity index (χ4v) is 3.74. The smallest absolute Gasteiger partial charge is 0.244 e. The topological polar surface area (TPSA) is 93.7 Å². The van der Waals surface area contributed by atoms with Crippen LogP contribution < -0.4 is 14.8 Å². The highest BCUT2D eigenvalue weighted by Crippen LogP contribution is 2.29. The van der Waals surface area contributed by atoms with Crippen molar-refractivity contribution in [3.8, 4) is 5.75 Å². The number of carbonyl (C=O) groups excluding carboxylic acids is 1. The van der Waals surface area contributed by atoms with Crippen LogP contribution in [0.5, 0.6) is 5.75 Å². The lowest BCUT2D eigenvalue weighted by Crippen LogP contribution is -2.20. The predicted molar refractivity (Wildman–Crippen MR) is 138 cm³/mol. The van der Waals surface area contributed by atoms with Gasteiger partial charge in [0.05, 0.1) is 18.6 Å². The molecule has 2 rings (SSSR count). The highest BCUT2D eigenvalue weighted by Gasteiger charge is 2.16. The Morgan fingerprint density at radius 3 is 2.46 bits per heavy atom. The highest BCUT2D eigenvalue weighted by atomic mass is 32.2. The Morgan fingerprint density at radius 1 is 1.14 bits per heavy atom. The van der Waals surface area contributed by atoms with E-state index in [1.807, 2.05) is 18.2 Å². The fourth-order valence-electron chi connectivity index (χ4n) is 3.15. The summed E-state index contributed by atoms with van der Waals surface area (Å²) in [5, 5.41) is 2.70. The second kappa shape index (κ2) is 12.0. The summed E-state index contributed by atoms with van der Waals surface area (Å²) in [7, 11) is -2.06. The van der Waals surface area contributed by atoms with Gasteiger partial charge in [0.1, 0.15) is 18.2 Å². The van der Waals surface area contributed by atoms with E-state index in [9.17, 15) is 17.6 Å². The van der Waals surface area contributed by atoms with Crippen LogP contribution in [0.3, 0.4) is 0 Å². The van der Waals surface area contributed by atoms with Gasteiger partial charge < -0.3 is 14.8 Å². The van der Waals surface area contributed by atoms with Gasteiger partial charge in [-0.25, -0.2) is 12.8 Å². The number of nitrogens with one attached hydrogen (secondary N) is 2. The summed E-state index contributed by atoms with van der Waals surface area (Å²) in [6, 6.07) is 8.56. The number of carbonyl (C=O) groups is 1. The van der Waals surface area contributed by atoms with Gasteiger partial charge in [-0.3, -0.25) is 9.52 Å². The molecule has 0 heterocycles. The van der Waals surface area contributed by atoms with E-state index in [0.717, 1.165) is 23.4 Å². The highest BCUT2D eigenvalue weighted by molar-refractivity contribution is 7.92. The normalized spacial score (nSPS) is 11.9. The number of methoxy groups -OCH3 is 1. The van der Waals surface area contributed by atoms with Crippen molar-refractivity contribution in [2.24, 2.45) is 0 Å². The van der Waals surface area contributed by atoms with Crippen molar-refractivity contribution < 1.29 is 27.1 Å². The SMILES string of the molecule is C=Cc1cc(CNC(=O)/C=C/c2ccc(C(C)(C)C)cc2OCCOC)cc(F)c1NS(C)(=O)=O. The summed E-state index contributed by atoms with van der Waals surface area (Å²) >= 11 is 0. The monoisotopic (exact) mass is 504 g/mol. The molecule has 35 heavy (non-hydrogen) atoms. The molecule has 0 aliphatic rings. The minimum atomic E-state index is -3.66. The number of ether oxygens (including phenoxy) is 2. The van der Waals surface area contributed by atoms with Gasteiger partial charge in [-0.05, 0) is 40.8 Å². The summed E-state index contributed by atoms with van der Waals surface area (Å²) in [6.07, 6.45) is 5.30. The zero-order valence-corrected chi connectivity index (χ0v) is 21.6. The van der Waals surface area contributed by atoms with Gasteiger partial charge >= 0.3 is 0 Å². The van der Waals surface area contributed by atoms with Gasteiger partial charge in [-0.1, -0.05) is 45.6 Å². The minimum Gasteiger partial charge on any atom is -0.491 e. The van der Waals surface area contributed by atoms with Crippen LogP contribution in [0.25, 0.3) is 12.2 Å². The van der Waals surface area contributed by atoms with Gasteiger partial charge in [0.15, 0.2) is 0 Å². The predicted octanol–water partition coefficient (Wildman–Crippen LogP) is 4.49. The first kappa shape index (κ1) is 28.1. The Morgan fingerprint density at radius 2 is 1.86 bits per heavy atom. The van der Waals surface area contributed by atoms with Crippen molar-refractivity contribution in [2.45, 2.75) is 32.7 Å². The zero-order chi connectivity index (χ0) is 26.2. The van der Waals surface area contributed by atoms with E-state index in [1.165, 1.54) is 12.2 Å². The van der Waals surface area contributed by atoms with Gasteiger partial charge in [0, 0.05) is 30.9 Å². The van der Waals surface area contributed by atoms with Crippen LogP contribution in [0.15, 0.2) is 43.0 Å². The molecule has 0 radical (unpaired) electrons. The van der Waals surface area contributed by atoms with E-state index >= 15 is 0 Å². The number of halogens is 1. The molecule has 1 amide bonds. The summed E-state index contributed by atoms with van der Waals surface area (Å²) in [6.45, 7) is 10.8. The molecule has 0 unspecified atom stereocenters. The maximum atomic E-state index is 14.5. The molecule has 7 nitrogen and oxygen atoms in total. The molecule has 0 bridgehead atoms. The molecular weight excluding hydrogens is 471 g/mol. The molecule has 190 valence electrons. The first-order valence-electron chi connectivity index (χ1n) is 11.0. The Bertz CT molecular complexity index is 1200. The van der Waals surface area contributed by atoms with Crippen LogP contribution >= 0.6 is 0 Å². The van der Waals surface area contributed by atoms with Crippen LogP contribution in [-0.4, -0.2) is 40.9 Å². The van der Waals surface area contributed by atoms with Crippen LogP contribution in [0, 0.1) is 5.82 Å². The molecule has 0 aliphatic carbocycles. The Hall–Kier alpha value is -3.17. The van der Waals surface area contributed by atoms with Gasteiger partial charge in [-0.15, -0.1) is 0 Å². The van der Waals surface area contributed by atoms with Crippen LogP contribution in [0.1, 0.15) is 43.0 Å². The summed E-state index contributed by atoms with van der Waals surface area (Å²) < 4.78 is 50.5. The average molecular weight is 505 g/mol. The molecule has 2 N–H and O–H groups in total. The lowest BCUT2D eigenvalue weighted by atomic mass is 9.86. The van der Waals surface area contributed by atoms with Crippen molar-refractivity contribution >= 4 is 33.8 Å². The standard InChI is InChI=1S/C26H33FN2O5S/c1-7-19-14-18(15-22(27)25(19)29-35(6,31)32)17-28-24(30)11-9-20-8-10-21(26(2,3)4)16-23(20)34-13-12-33-5/h7-11,14-16,29H,1,12-13,17H2,2-6H3,(H,28,30)/b11-9+. The maximum Gasteiger partial charge on any atom is 0.244 e. The maximum absolute atomic E-state index is 14.5. The molecule has 2 aromatic rings. The molecule has 0 saturated heterocycles. The fraction of sp³-hybridized carbons (Fsp3) is 0.346. The largest absolute Gasteiger partial charge is 0.491 e. The van der Waals surface area contributed by atoms with E-state index < -0.39 is 15.8 Å². The summed E-state index contributed by atoms with van der Waals surface area (Å²) in [5.41, 5.74) is 2.31. The van der Waals surface area contributed by atoms with Crippen molar-refractivity contribution in [3.05, 3.63) is 71.1 Å². The molecule has 0 aromatic heterocycles. The molecule has 0 aliphatic heterocycles. The second-order valence-electron chi connectivity index (χ2n) is 9.02. The minimum absolute atomic E-state index is 0.0419. The Labute approximate surface area is 207 Å². The summed E-state index contributed by atoms with van der Waals surface area (Å²) in [5.74, 6) is -0.499.